The number of piperazine rings is 1. The van der Waals surface area contributed by atoms with Crippen molar-refractivity contribution in [2.24, 2.45) is 17.3 Å². The summed E-state index contributed by atoms with van der Waals surface area (Å²) in [6.07, 6.45) is 7.52. The highest BCUT2D eigenvalue weighted by atomic mass is 32.1. The zero-order valence-electron chi connectivity index (χ0n) is 36.6. The number of benzene rings is 1. The molecule has 3 aromatic heterocycles. The van der Waals surface area contributed by atoms with Gasteiger partial charge in [-0.3, -0.25) is 29.3 Å². The molecule has 0 unspecified atom stereocenters. The summed E-state index contributed by atoms with van der Waals surface area (Å²) in [6, 6.07) is 10.1. The van der Waals surface area contributed by atoms with Crippen molar-refractivity contribution >= 4 is 45.7 Å². The van der Waals surface area contributed by atoms with Gasteiger partial charge in [0.15, 0.2) is 0 Å². The number of rotatable bonds is 8. The molecule has 4 fully saturated rings. The van der Waals surface area contributed by atoms with E-state index in [0.29, 0.717) is 50.2 Å². The quantitative estimate of drug-likeness (QED) is 0.199. The molecular formula is C47H59N9O5S. The van der Waals surface area contributed by atoms with Gasteiger partial charge in [-0.15, -0.1) is 11.3 Å². The monoisotopic (exact) mass is 861 g/mol. The summed E-state index contributed by atoms with van der Waals surface area (Å²) in [5.74, 6) is -1.88. The molecule has 15 heteroatoms. The smallest absolute Gasteiger partial charge is 0.324 e. The minimum Gasteiger partial charge on any atom is -0.464 e. The third-order valence-corrected chi connectivity index (χ3v) is 14.6. The van der Waals surface area contributed by atoms with E-state index in [4.69, 9.17) is 19.4 Å². The van der Waals surface area contributed by atoms with E-state index >= 15 is 0 Å². The molecule has 2 saturated carbocycles. The molecule has 6 heterocycles. The van der Waals surface area contributed by atoms with Gasteiger partial charge in [-0.2, -0.15) is 5.26 Å². The Morgan fingerprint density at radius 2 is 1.92 bits per heavy atom. The summed E-state index contributed by atoms with van der Waals surface area (Å²) in [5.41, 5.74) is 10.7. The van der Waals surface area contributed by atoms with Crippen molar-refractivity contribution in [1.29, 1.82) is 5.26 Å². The number of nitriles is 1. The molecule has 2 N–H and O–H groups in total. The van der Waals surface area contributed by atoms with Crippen molar-refractivity contribution in [3.05, 3.63) is 52.1 Å². The number of esters is 1. The SMILES string of the molecule is CCn1c(-c2cc(N3CCN(C4CC4)CC3)cnc2[C@H](C)OC)c2c3cc(ccc31)-c1csc(n1)C[C@H](NC(=O)[C@@H]1CC[C@H]1C#N)C(=O)N1CCC[C@H](N1)C(=O)OCC(C)(C)C2. The summed E-state index contributed by atoms with van der Waals surface area (Å²) < 4.78 is 14.5. The van der Waals surface area contributed by atoms with Crippen LogP contribution in [0.25, 0.3) is 33.4 Å². The highest BCUT2D eigenvalue weighted by Gasteiger charge is 2.41. The summed E-state index contributed by atoms with van der Waals surface area (Å²) in [4.78, 5) is 56.9. The molecule has 5 aliphatic rings. The summed E-state index contributed by atoms with van der Waals surface area (Å²) >= 11 is 1.45. The number of ether oxygens (including phenoxy) is 2. The number of thiazole rings is 1. The maximum absolute atomic E-state index is 14.2. The van der Waals surface area contributed by atoms with Crippen LogP contribution in [0.2, 0.25) is 0 Å². The van der Waals surface area contributed by atoms with Crippen molar-refractivity contribution in [1.82, 2.24) is 35.2 Å². The Morgan fingerprint density at radius 1 is 1.11 bits per heavy atom. The second-order valence-corrected chi connectivity index (χ2v) is 19.6. The minimum absolute atomic E-state index is 0.163. The van der Waals surface area contributed by atoms with Gasteiger partial charge in [0, 0.05) is 91.7 Å². The molecule has 0 radical (unpaired) electrons. The predicted molar refractivity (Wildman–Crippen MR) is 238 cm³/mol. The number of carbonyl (C=O) groups is 3. The van der Waals surface area contributed by atoms with Gasteiger partial charge in [0.25, 0.3) is 5.91 Å². The normalized spacial score (nSPS) is 25.1. The summed E-state index contributed by atoms with van der Waals surface area (Å²) in [7, 11) is 1.73. The molecular weight excluding hydrogens is 803 g/mol. The van der Waals surface area contributed by atoms with Crippen molar-refractivity contribution < 1.29 is 23.9 Å². The average Bonchev–Trinajstić information content (AvgIpc) is 3.95. The Kier molecular flexibility index (Phi) is 11.9. The predicted octanol–water partition coefficient (Wildman–Crippen LogP) is 6.04. The molecule has 4 aromatic rings. The number of carbonyl (C=O) groups excluding carboxylic acids is 3. The van der Waals surface area contributed by atoms with Crippen molar-refractivity contribution in [3.63, 3.8) is 0 Å². The van der Waals surface area contributed by atoms with Crippen molar-refractivity contribution in [2.75, 3.05) is 51.3 Å². The first-order valence-electron chi connectivity index (χ1n) is 22.5. The Balaban J connectivity index is 1.14. The fourth-order valence-electron chi connectivity index (χ4n) is 9.81. The maximum atomic E-state index is 14.2. The van der Waals surface area contributed by atoms with Crippen LogP contribution in [0.1, 0.15) is 88.6 Å². The zero-order valence-corrected chi connectivity index (χ0v) is 37.4. The Bertz CT molecular complexity index is 2390. The van der Waals surface area contributed by atoms with Crippen LogP contribution >= 0.6 is 11.3 Å². The average molecular weight is 862 g/mol. The molecule has 2 aliphatic carbocycles. The van der Waals surface area contributed by atoms with Gasteiger partial charge >= 0.3 is 5.97 Å². The standard InChI is InChI=1S/C47H59N9O5S/c1-6-55-40-14-10-29-20-34(40)36(43(55)35-21-32(25-49-42(35)28(2)60-5)54-18-16-53(17-19-54)31-11-12-31)23-47(3,4)27-61-46(59)37-8-7-15-56(52-37)45(58)38(22-41-50-39(29)26-62-41)51-44(57)33-13-9-30(33)24-48/h10,14,20-21,25-26,28,30-31,33,37-38,52H,6-9,11-13,15-19,22-23,27H2,1-5H3,(H,51,57)/t28-,30-,33+,37-,38-/m0/s1. The molecule has 328 valence electrons. The largest absolute Gasteiger partial charge is 0.464 e. The number of hydrogen-bond acceptors (Lipinski definition) is 12. The number of aromatic nitrogens is 3. The number of aryl methyl sites for hydroxylation is 1. The molecule has 2 saturated heterocycles. The van der Waals surface area contributed by atoms with E-state index in [1.807, 2.05) is 11.6 Å². The zero-order chi connectivity index (χ0) is 43.3. The third-order valence-electron chi connectivity index (χ3n) is 13.7. The van der Waals surface area contributed by atoms with Gasteiger partial charge in [-0.1, -0.05) is 19.9 Å². The van der Waals surface area contributed by atoms with Crippen LogP contribution in [-0.4, -0.2) is 107 Å². The lowest BCUT2D eigenvalue weighted by atomic mass is 9.74. The molecule has 5 atom stereocenters. The van der Waals surface area contributed by atoms with E-state index in [1.165, 1.54) is 29.2 Å². The summed E-state index contributed by atoms with van der Waals surface area (Å²) in [6.45, 7) is 13.8. The van der Waals surface area contributed by atoms with Crippen molar-refractivity contribution in [2.45, 2.75) is 110 Å². The number of amides is 2. The number of methoxy groups -OCH3 is 1. The van der Waals surface area contributed by atoms with E-state index in [2.05, 4.69) is 83.1 Å². The molecule has 1 aromatic carbocycles. The first-order valence-corrected chi connectivity index (χ1v) is 23.4. The molecule has 6 bridgehead atoms. The van der Waals surface area contributed by atoms with Crippen LogP contribution in [0.4, 0.5) is 5.69 Å². The van der Waals surface area contributed by atoms with E-state index in [1.54, 1.807) is 7.11 Å². The topological polar surface area (TPSA) is 158 Å². The number of cyclic esters (lactones) is 1. The van der Waals surface area contributed by atoms with Gasteiger partial charge < -0.3 is 24.3 Å². The number of nitrogens with zero attached hydrogens (tertiary/aromatic N) is 7. The highest BCUT2D eigenvalue weighted by molar-refractivity contribution is 7.10. The van der Waals surface area contributed by atoms with E-state index < -0.39 is 29.4 Å². The lowest BCUT2D eigenvalue weighted by Gasteiger charge is -2.36. The Labute approximate surface area is 367 Å². The van der Waals surface area contributed by atoms with Gasteiger partial charge in [-0.05, 0) is 82.6 Å². The number of fused-ring (bicyclic) bond motifs is 6. The Morgan fingerprint density at radius 3 is 2.63 bits per heavy atom. The third kappa shape index (κ3) is 8.34. The fraction of sp³-hybridized carbons (Fsp3) is 0.574. The molecule has 2 amide bonds. The molecule has 9 rings (SSSR count). The number of anilines is 1. The summed E-state index contributed by atoms with van der Waals surface area (Å²) in [5, 5.41) is 17.8. The van der Waals surface area contributed by atoms with Gasteiger partial charge in [-0.25, -0.2) is 10.4 Å². The maximum Gasteiger partial charge on any atom is 0.324 e. The van der Waals surface area contributed by atoms with Gasteiger partial charge in [0.1, 0.15) is 12.1 Å². The van der Waals surface area contributed by atoms with Crippen molar-refractivity contribution in [3.8, 4) is 28.6 Å². The fourth-order valence-corrected chi connectivity index (χ4v) is 10.7. The number of hydrazine groups is 1. The molecule has 14 nitrogen and oxygen atoms in total. The number of nitrogens with one attached hydrogen (secondary N) is 2. The molecule has 3 aliphatic heterocycles. The Hall–Kier alpha value is -4.88. The number of pyridine rings is 1. The second-order valence-electron chi connectivity index (χ2n) is 18.6. The van der Waals surface area contributed by atoms with Gasteiger partial charge in [0.2, 0.25) is 5.91 Å². The van der Waals surface area contributed by atoms with Crippen LogP contribution in [-0.2, 0) is 43.2 Å². The first kappa shape index (κ1) is 42.4. The second kappa shape index (κ2) is 17.4. The lowest BCUT2D eigenvalue weighted by Crippen LogP contribution is -2.61. The van der Waals surface area contributed by atoms with Crippen LogP contribution in [0.15, 0.2) is 35.8 Å². The highest BCUT2D eigenvalue weighted by Crippen LogP contribution is 2.43. The van der Waals surface area contributed by atoms with E-state index in [-0.39, 0.29) is 36.9 Å². The first-order chi connectivity index (χ1) is 29.9. The lowest BCUT2D eigenvalue weighted by molar-refractivity contribution is -0.155. The minimum atomic E-state index is -0.938. The van der Waals surface area contributed by atoms with E-state index in [9.17, 15) is 19.6 Å². The van der Waals surface area contributed by atoms with Crippen LogP contribution < -0.4 is 15.6 Å². The van der Waals surface area contributed by atoms with E-state index in [0.717, 1.165) is 82.6 Å². The van der Waals surface area contributed by atoms with Crippen LogP contribution in [0.3, 0.4) is 0 Å². The van der Waals surface area contributed by atoms with Crippen LogP contribution in [0, 0.1) is 28.6 Å². The molecule has 62 heavy (non-hydrogen) atoms. The van der Waals surface area contributed by atoms with Gasteiger partial charge in [0.05, 0.1) is 64.6 Å². The van der Waals surface area contributed by atoms with Crippen LogP contribution in [0.5, 0.6) is 0 Å². The number of hydrogen-bond donors (Lipinski definition) is 2. The molecule has 0 spiro atoms.